The molecule has 5 nitrogen and oxygen atoms in total. The zero-order chi connectivity index (χ0) is 15.6. The van der Waals surface area contributed by atoms with Crippen molar-refractivity contribution in [1.82, 2.24) is 4.98 Å². The fourth-order valence-electron chi connectivity index (χ4n) is 2.07. The number of aromatic nitrogens is 1. The summed E-state index contributed by atoms with van der Waals surface area (Å²) in [5.41, 5.74) is 7.21. The van der Waals surface area contributed by atoms with Gasteiger partial charge in [0, 0.05) is 12.1 Å². The van der Waals surface area contributed by atoms with Gasteiger partial charge in [-0.2, -0.15) is 0 Å². The van der Waals surface area contributed by atoms with Crippen LogP contribution in [0.25, 0.3) is 0 Å². The minimum absolute atomic E-state index is 0.0441. The van der Waals surface area contributed by atoms with Crippen molar-refractivity contribution in [3.8, 4) is 0 Å². The second kappa shape index (κ2) is 6.01. The number of nitrogen functional groups attached to an aromatic ring is 1. The number of carboxylic acid groups (broad SMARTS) is 1. The van der Waals surface area contributed by atoms with Crippen molar-refractivity contribution >= 4 is 29.1 Å². The number of rotatable bonds is 4. The van der Waals surface area contributed by atoms with Crippen LogP contribution in [-0.2, 0) is 0 Å². The Balaban J connectivity index is 2.40. The molecule has 1 aromatic heterocycles. The van der Waals surface area contributed by atoms with Gasteiger partial charge >= 0.3 is 5.97 Å². The van der Waals surface area contributed by atoms with Crippen molar-refractivity contribution < 1.29 is 9.90 Å². The number of aromatic carboxylic acids is 1. The Morgan fingerprint density at radius 3 is 2.62 bits per heavy atom. The Morgan fingerprint density at radius 2 is 2.00 bits per heavy atom. The minimum atomic E-state index is -1.09. The van der Waals surface area contributed by atoms with Crippen LogP contribution in [0.2, 0.25) is 5.02 Å². The fourth-order valence-corrected chi connectivity index (χ4v) is 2.36. The summed E-state index contributed by atoms with van der Waals surface area (Å²) >= 11 is 6.20. The van der Waals surface area contributed by atoms with E-state index < -0.39 is 5.97 Å². The first-order valence-electron chi connectivity index (χ1n) is 6.39. The number of carbonyl (C=O) groups is 1. The zero-order valence-corrected chi connectivity index (χ0v) is 12.5. The fraction of sp³-hybridized carbons (Fsp3) is 0.200. The van der Waals surface area contributed by atoms with Crippen LogP contribution in [0.15, 0.2) is 36.4 Å². The Morgan fingerprint density at radius 1 is 1.33 bits per heavy atom. The summed E-state index contributed by atoms with van der Waals surface area (Å²) in [7, 11) is 1.80. The van der Waals surface area contributed by atoms with Crippen LogP contribution in [0.5, 0.6) is 0 Å². The Kier molecular flexibility index (Phi) is 4.33. The molecule has 1 aromatic carbocycles. The highest BCUT2D eigenvalue weighted by Crippen LogP contribution is 2.31. The first kappa shape index (κ1) is 15.1. The van der Waals surface area contributed by atoms with Crippen molar-refractivity contribution in [2.24, 2.45) is 0 Å². The molecule has 0 aliphatic rings. The molecule has 110 valence electrons. The lowest BCUT2D eigenvalue weighted by molar-refractivity contribution is 0.0690. The average Bonchev–Trinajstić information content (AvgIpc) is 2.46. The topological polar surface area (TPSA) is 79.5 Å². The quantitative estimate of drug-likeness (QED) is 0.906. The van der Waals surface area contributed by atoms with Crippen molar-refractivity contribution in [1.29, 1.82) is 0 Å². The third-order valence-electron chi connectivity index (χ3n) is 3.39. The number of halogens is 1. The number of anilines is 2. The summed E-state index contributed by atoms with van der Waals surface area (Å²) in [5, 5.41) is 9.68. The normalized spacial score (nSPS) is 12.0. The summed E-state index contributed by atoms with van der Waals surface area (Å²) in [6.07, 6.45) is 0. The van der Waals surface area contributed by atoms with Crippen LogP contribution < -0.4 is 10.6 Å². The summed E-state index contributed by atoms with van der Waals surface area (Å²) in [4.78, 5) is 17.0. The monoisotopic (exact) mass is 305 g/mol. The van der Waals surface area contributed by atoms with Gasteiger partial charge in [-0.25, -0.2) is 9.78 Å². The molecule has 0 amide bonds. The van der Waals surface area contributed by atoms with Gasteiger partial charge in [0.1, 0.15) is 0 Å². The number of nitrogens with two attached hydrogens (primary N) is 1. The van der Waals surface area contributed by atoms with Crippen LogP contribution >= 0.6 is 11.6 Å². The Hall–Kier alpha value is -2.27. The molecular formula is C15H16ClN3O2. The van der Waals surface area contributed by atoms with Crippen molar-refractivity contribution in [2.45, 2.75) is 13.0 Å². The van der Waals surface area contributed by atoms with Crippen LogP contribution in [0.3, 0.4) is 0 Å². The summed E-state index contributed by atoms with van der Waals surface area (Å²) in [6, 6.07) is 10.3. The number of benzene rings is 1. The second-order valence-electron chi connectivity index (χ2n) is 4.72. The van der Waals surface area contributed by atoms with E-state index in [1.807, 2.05) is 36.1 Å². The molecule has 0 saturated heterocycles. The van der Waals surface area contributed by atoms with Gasteiger partial charge in [-0.05, 0) is 30.7 Å². The molecule has 6 heteroatoms. The van der Waals surface area contributed by atoms with Crippen LogP contribution in [0.4, 0.5) is 11.5 Å². The van der Waals surface area contributed by atoms with Gasteiger partial charge in [-0.15, -0.1) is 0 Å². The lowest BCUT2D eigenvalue weighted by atomic mass is 10.1. The van der Waals surface area contributed by atoms with Crippen LogP contribution in [-0.4, -0.2) is 23.1 Å². The molecule has 3 N–H and O–H groups in total. The van der Waals surface area contributed by atoms with E-state index in [1.165, 1.54) is 6.07 Å². The maximum atomic E-state index is 11.0. The SMILES string of the molecule is CC(c1ccccc1Cl)N(C)c1nc(C(=O)O)ccc1N. The highest BCUT2D eigenvalue weighted by atomic mass is 35.5. The lowest BCUT2D eigenvalue weighted by Crippen LogP contribution is -2.24. The standard InChI is InChI=1S/C15H16ClN3O2/c1-9(10-5-3-4-6-11(10)16)19(2)14-12(17)7-8-13(18-14)15(20)21/h3-9H,17H2,1-2H3,(H,20,21). The number of pyridine rings is 1. The molecule has 2 rings (SSSR count). The van der Waals surface area contributed by atoms with E-state index in [1.54, 1.807) is 13.1 Å². The van der Waals surface area contributed by atoms with Crippen molar-refractivity contribution in [3.05, 3.63) is 52.7 Å². The smallest absolute Gasteiger partial charge is 0.354 e. The van der Waals surface area contributed by atoms with E-state index in [-0.39, 0.29) is 11.7 Å². The zero-order valence-electron chi connectivity index (χ0n) is 11.7. The van der Waals surface area contributed by atoms with E-state index in [0.29, 0.717) is 16.5 Å². The average molecular weight is 306 g/mol. The largest absolute Gasteiger partial charge is 0.477 e. The first-order chi connectivity index (χ1) is 9.91. The van der Waals surface area contributed by atoms with E-state index in [0.717, 1.165) is 5.56 Å². The molecule has 2 aromatic rings. The van der Waals surface area contributed by atoms with E-state index >= 15 is 0 Å². The van der Waals surface area contributed by atoms with Gasteiger partial charge in [-0.3, -0.25) is 0 Å². The third kappa shape index (κ3) is 3.08. The van der Waals surface area contributed by atoms with Crippen molar-refractivity contribution in [3.63, 3.8) is 0 Å². The van der Waals surface area contributed by atoms with Gasteiger partial charge in [0.2, 0.25) is 0 Å². The van der Waals surface area contributed by atoms with Crippen molar-refractivity contribution in [2.75, 3.05) is 17.7 Å². The molecule has 0 spiro atoms. The first-order valence-corrected chi connectivity index (χ1v) is 6.76. The van der Waals surface area contributed by atoms with Gasteiger partial charge < -0.3 is 15.7 Å². The maximum absolute atomic E-state index is 11.0. The summed E-state index contributed by atoms with van der Waals surface area (Å²) < 4.78 is 0. The Labute approximate surface area is 128 Å². The highest BCUT2D eigenvalue weighted by molar-refractivity contribution is 6.31. The number of hydrogen-bond donors (Lipinski definition) is 2. The van der Waals surface area contributed by atoms with Gasteiger partial charge in [0.25, 0.3) is 0 Å². The van der Waals surface area contributed by atoms with E-state index in [2.05, 4.69) is 4.98 Å². The third-order valence-corrected chi connectivity index (χ3v) is 3.74. The summed E-state index contributed by atoms with van der Waals surface area (Å²) in [5.74, 6) is -0.669. The molecule has 0 bridgehead atoms. The number of hydrogen-bond acceptors (Lipinski definition) is 4. The summed E-state index contributed by atoms with van der Waals surface area (Å²) in [6.45, 7) is 1.95. The van der Waals surface area contributed by atoms with Gasteiger partial charge in [-0.1, -0.05) is 29.8 Å². The molecule has 0 saturated carbocycles. The maximum Gasteiger partial charge on any atom is 0.354 e. The molecule has 0 aliphatic heterocycles. The molecule has 21 heavy (non-hydrogen) atoms. The van der Waals surface area contributed by atoms with Gasteiger partial charge in [0.15, 0.2) is 11.5 Å². The van der Waals surface area contributed by atoms with E-state index in [4.69, 9.17) is 22.4 Å². The van der Waals surface area contributed by atoms with Crippen LogP contribution in [0.1, 0.15) is 29.0 Å². The minimum Gasteiger partial charge on any atom is -0.477 e. The molecule has 0 aliphatic carbocycles. The molecule has 0 fully saturated rings. The Bertz CT molecular complexity index is 676. The molecule has 0 radical (unpaired) electrons. The lowest BCUT2D eigenvalue weighted by Gasteiger charge is -2.28. The van der Waals surface area contributed by atoms with E-state index in [9.17, 15) is 4.79 Å². The number of nitrogens with zero attached hydrogens (tertiary/aromatic N) is 2. The molecule has 1 unspecified atom stereocenters. The molecular weight excluding hydrogens is 290 g/mol. The predicted molar refractivity (Wildman–Crippen MR) is 83.9 cm³/mol. The molecule has 1 heterocycles. The second-order valence-corrected chi connectivity index (χ2v) is 5.13. The van der Waals surface area contributed by atoms with Gasteiger partial charge in [0.05, 0.1) is 11.7 Å². The predicted octanol–water partition coefficient (Wildman–Crippen LogP) is 3.21. The number of carboxylic acids is 1. The molecule has 1 atom stereocenters. The van der Waals surface area contributed by atoms with Crippen LogP contribution in [0, 0.1) is 0 Å². The highest BCUT2D eigenvalue weighted by Gasteiger charge is 2.19.